The van der Waals surface area contributed by atoms with Gasteiger partial charge in [-0.1, -0.05) is 136 Å². The molecule has 0 fully saturated rings. The van der Waals surface area contributed by atoms with E-state index in [2.05, 4.69) is 125 Å². The minimum absolute atomic E-state index is 0. The zero-order valence-corrected chi connectivity index (χ0v) is 30.2. The van der Waals surface area contributed by atoms with Crippen LogP contribution in [0, 0.1) is 0 Å². The van der Waals surface area contributed by atoms with Crippen LogP contribution in [-0.2, 0) is 34.2 Å². The molecule has 6 heteroatoms. The second-order valence-electron chi connectivity index (χ2n) is 11.5. The van der Waals surface area contributed by atoms with Crippen LogP contribution < -0.4 is 24.8 Å². The summed E-state index contributed by atoms with van der Waals surface area (Å²) in [4.78, 5) is 0. The van der Waals surface area contributed by atoms with Gasteiger partial charge in [-0.25, -0.2) is 0 Å². The molecule has 0 aliphatic heterocycles. The van der Waals surface area contributed by atoms with E-state index in [1.54, 1.807) is 23.3 Å². The third kappa shape index (κ3) is 6.64. The van der Waals surface area contributed by atoms with Gasteiger partial charge in [-0.3, -0.25) is 0 Å². The van der Waals surface area contributed by atoms with Crippen LogP contribution in [0.4, 0.5) is 0 Å². The average molecular weight is 680 g/mol. The molecule has 0 amide bonds. The minimum atomic E-state index is -1.73. The number of rotatable bonds is 5. The van der Waals surface area contributed by atoms with E-state index < -0.39 is 8.32 Å². The smallest absolute Gasteiger partial charge is 1.00 e. The summed E-state index contributed by atoms with van der Waals surface area (Å²) < 4.78 is 6.81. The van der Waals surface area contributed by atoms with Gasteiger partial charge in [0.15, 0.2) is 8.32 Å². The van der Waals surface area contributed by atoms with Crippen molar-refractivity contribution >= 4 is 35.3 Å². The molecule has 0 radical (unpaired) electrons. The Morgan fingerprint density at radius 3 is 1.88 bits per heavy atom. The summed E-state index contributed by atoms with van der Waals surface area (Å²) in [5.74, 6) is 0. The van der Waals surface area contributed by atoms with Gasteiger partial charge in [0.1, 0.15) is 0 Å². The van der Waals surface area contributed by atoms with Crippen molar-refractivity contribution in [2.24, 2.45) is 0 Å². The Kier molecular flexibility index (Phi) is 11.4. The Balaban J connectivity index is 0.000000691. The van der Waals surface area contributed by atoms with Crippen molar-refractivity contribution in [3.63, 3.8) is 0 Å². The topological polar surface area (TPSA) is 9.23 Å². The van der Waals surface area contributed by atoms with E-state index in [-0.39, 0.29) is 36.4 Å². The summed E-state index contributed by atoms with van der Waals surface area (Å²) in [7, 11) is -1.73. The first kappa shape index (κ1) is 33.1. The molecule has 40 heavy (non-hydrogen) atoms. The van der Waals surface area contributed by atoms with Crippen molar-refractivity contribution in [2.75, 3.05) is 0 Å². The quantitative estimate of drug-likeness (QED) is 0.198. The molecule has 0 bridgehead atoms. The molecule has 0 aromatic heterocycles. The Morgan fingerprint density at radius 2 is 1.32 bits per heavy atom. The molecule has 206 valence electrons. The molecule has 5 aromatic carbocycles. The van der Waals surface area contributed by atoms with E-state index in [1.807, 2.05) is 0 Å². The summed E-state index contributed by atoms with van der Waals surface area (Å²) in [6.07, 6.45) is 2.05. The largest absolute Gasteiger partial charge is 1.00 e. The summed E-state index contributed by atoms with van der Waals surface area (Å²) in [6.45, 7) is 13.8. The van der Waals surface area contributed by atoms with Gasteiger partial charge in [0.05, 0.1) is 6.10 Å². The third-order valence-electron chi connectivity index (χ3n) is 7.17. The number of fused-ring (bicyclic) bond motifs is 6. The van der Waals surface area contributed by atoms with Gasteiger partial charge in [-0.05, 0) is 49.2 Å². The maximum atomic E-state index is 6.81. The predicted molar refractivity (Wildman–Crippen MR) is 166 cm³/mol. The molecular formula is C34H37Cl2OSi2Zr-. The molecule has 5 aromatic rings. The fourth-order valence-corrected chi connectivity index (χ4v) is 7.02. The SMILES string of the molecule is CCC(O[Si](C)(C)C)c1ccc2c(c1-[c-]1c3ccccc3c3ccccc31)Cc1ccccc1-2.C[Si](C)=[Zr+2].[Cl-].[Cl-]. The van der Waals surface area contributed by atoms with Gasteiger partial charge in [-0.2, -0.15) is 0 Å². The molecule has 1 nitrogen and oxygen atoms in total. The van der Waals surface area contributed by atoms with Crippen molar-refractivity contribution in [1.82, 2.24) is 0 Å². The van der Waals surface area contributed by atoms with E-state index in [0.29, 0.717) is 0 Å². The molecule has 0 saturated carbocycles. The van der Waals surface area contributed by atoms with E-state index in [9.17, 15) is 0 Å². The van der Waals surface area contributed by atoms with Crippen molar-refractivity contribution in [2.45, 2.75) is 58.6 Å². The molecular weight excluding hydrogens is 643 g/mol. The van der Waals surface area contributed by atoms with Crippen LogP contribution in [0.5, 0.6) is 0 Å². The molecule has 0 saturated heterocycles. The molecule has 1 atom stereocenters. The number of benzene rings is 4. The van der Waals surface area contributed by atoms with Crippen LogP contribution in [0.2, 0.25) is 32.7 Å². The standard InChI is InChI=1S/C32H31OSi.C2H6Si.2ClH.Zr/c1-5-30(33-34(2,3)4)28-19-18-25-22-13-7-6-12-21(22)20-29(25)32(28)31-26-16-10-8-14-23(26)24-15-9-11-17-27(24)31;1-3-2;;;/h6-19,30H,5,20H2,1-4H3;1-2H3;2*1H;/q-1;;;;+2/p-2. The second kappa shape index (κ2) is 13.7. The van der Waals surface area contributed by atoms with Crippen molar-refractivity contribution < 1.29 is 52.6 Å². The van der Waals surface area contributed by atoms with Gasteiger partial charge in [0.2, 0.25) is 0 Å². The summed E-state index contributed by atoms with van der Waals surface area (Å²) >= 11 is 1.74. The number of hydrogen-bond donors (Lipinski definition) is 0. The van der Waals surface area contributed by atoms with Crippen molar-refractivity contribution in [3.8, 4) is 22.3 Å². The fourth-order valence-electron chi connectivity index (χ4n) is 5.87. The van der Waals surface area contributed by atoms with Gasteiger partial charge >= 0.3 is 41.9 Å². The van der Waals surface area contributed by atoms with Crippen molar-refractivity contribution in [1.29, 1.82) is 0 Å². The van der Waals surface area contributed by atoms with Crippen LogP contribution in [0.3, 0.4) is 0 Å². The van der Waals surface area contributed by atoms with E-state index >= 15 is 0 Å². The fraction of sp³-hybridized carbons (Fsp3) is 0.265. The van der Waals surface area contributed by atoms with Crippen LogP contribution in [0.25, 0.3) is 43.8 Å². The monoisotopic (exact) mass is 677 g/mol. The van der Waals surface area contributed by atoms with Crippen LogP contribution in [0.15, 0.2) is 84.9 Å². The van der Waals surface area contributed by atoms with Crippen LogP contribution >= 0.6 is 0 Å². The number of hydrogen-bond acceptors (Lipinski definition) is 1. The van der Waals surface area contributed by atoms with Gasteiger partial charge < -0.3 is 29.2 Å². The average Bonchev–Trinajstić information content (AvgIpc) is 3.42. The summed E-state index contributed by atoms with van der Waals surface area (Å²) in [5.41, 5.74) is 9.98. The Bertz CT molecular complexity index is 1590. The molecule has 0 N–H and O–H groups in total. The molecule has 1 aliphatic carbocycles. The zero-order chi connectivity index (χ0) is 27.0. The van der Waals surface area contributed by atoms with E-state index in [0.717, 1.165) is 12.8 Å². The van der Waals surface area contributed by atoms with Gasteiger partial charge in [-0.15, -0.1) is 0 Å². The minimum Gasteiger partial charge on any atom is -1.00 e. The zero-order valence-electron chi connectivity index (χ0n) is 24.2. The molecule has 6 rings (SSSR count). The van der Waals surface area contributed by atoms with Crippen molar-refractivity contribution in [3.05, 3.63) is 102 Å². The van der Waals surface area contributed by atoms with Crippen LogP contribution in [0.1, 0.15) is 36.1 Å². The molecule has 1 unspecified atom stereocenters. The first-order valence-electron chi connectivity index (χ1n) is 13.7. The summed E-state index contributed by atoms with van der Waals surface area (Å²) in [6, 6.07) is 31.4. The molecule has 1 aliphatic rings. The second-order valence-corrected chi connectivity index (χ2v) is 25.3. The van der Waals surface area contributed by atoms with E-state index in [1.165, 1.54) is 60.5 Å². The Hall–Kier alpha value is -1.39. The molecule has 0 spiro atoms. The Labute approximate surface area is 268 Å². The maximum Gasteiger partial charge on any atom is -1.00 e. The normalized spacial score (nSPS) is 12.5. The molecule has 0 heterocycles. The van der Waals surface area contributed by atoms with E-state index in [4.69, 9.17) is 4.43 Å². The first-order chi connectivity index (χ1) is 18.2. The maximum absolute atomic E-state index is 6.81. The first-order valence-corrected chi connectivity index (χ1v) is 23.3. The van der Waals surface area contributed by atoms with Gasteiger partial charge in [0, 0.05) is 0 Å². The van der Waals surface area contributed by atoms with Gasteiger partial charge in [0.25, 0.3) is 0 Å². The Morgan fingerprint density at radius 1 is 0.800 bits per heavy atom. The van der Waals surface area contributed by atoms with Crippen LogP contribution in [-0.4, -0.2) is 13.8 Å². The summed E-state index contributed by atoms with van der Waals surface area (Å²) in [5, 5.41) is 5.37. The predicted octanol–water partition coefficient (Wildman–Crippen LogP) is 4.05. The number of halogens is 2. The third-order valence-corrected chi connectivity index (χ3v) is 8.16.